The molecular weight excluding hydrogens is 418 g/mol. The lowest BCUT2D eigenvalue weighted by Crippen LogP contribution is -2.21. The minimum absolute atomic E-state index is 0.132. The molecule has 0 amide bonds. The van der Waals surface area contributed by atoms with E-state index < -0.39 is 0 Å². The Kier molecular flexibility index (Phi) is 5.83. The molecule has 2 heterocycles. The van der Waals surface area contributed by atoms with Gasteiger partial charge in [-0.05, 0) is 37.6 Å². The first-order valence-corrected chi connectivity index (χ1v) is 11.1. The highest BCUT2D eigenvalue weighted by molar-refractivity contribution is 7.99. The van der Waals surface area contributed by atoms with Crippen molar-refractivity contribution in [1.29, 1.82) is 0 Å². The fourth-order valence-corrected chi connectivity index (χ4v) is 4.40. The van der Waals surface area contributed by atoms with Crippen LogP contribution in [0.5, 0.6) is 0 Å². The average Bonchev–Trinajstić information content (AvgIpc) is 3.25. The molecule has 6 nitrogen and oxygen atoms in total. The predicted octanol–water partition coefficient (Wildman–Crippen LogP) is 4.89. The predicted molar refractivity (Wildman–Crippen MR) is 122 cm³/mol. The van der Waals surface area contributed by atoms with Gasteiger partial charge in [-0.15, -0.1) is 10.2 Å². The molecular formula is C22H22ClN5OS. The van der Waals surface area contributed by atoms with Crippen LogP contribution >= 0.6 is 23.4 Å². The number of para-hydroxylation sites is 1. The molecule has 0 radical (unpaired) electrons. The number of hydrogen-bond acceptors (Lipinski definition) is 4. The quantitative estimate of drug-likeness (QED) is 0.401. The zero-order valence-corrected chi connectivity index (χ0v) is 18.6. The Balaban J connectivity index is 2.00. The van der Waals surface area contributed by atoms with Gasteiger partial charge in [0.25, 0.3) is 5.56 Å². The molecule has 0 atom stereocenters. The van der Waals surface area contributed by atoms with Gasteiger partial charge in [-0.2, -0.15) is 0 Å². The molecule has 0 aliphatic rings. The summed E-state index contributed by atoms with van der Waals surface area (Å²) in [6.45, 7) is 4.04. The summed E-state index contributed by atoms with van der Waals surface area (Å²) in [7, 11) is 1.88. The number of nitrogens with zero attached hydrogens (tertiary/aromatic N) is 5. The van der Waals surface area contributed by atoms with Crippen molar-refractivity contribution in [3.05, 3.63) is 75.7 Å². The second-order valence-electron chi connectivity index (χ2n) is 6.88. The van der Waals surface area contributed by atoms with Gasteiger partial charge < -0.3 is 0 Å². The monoisotopic (exact) mass is 439 g/mol. The van der Waals surface area contributed by atoms with Crippen LogP contribution in [0.3, 0.4) is 0 Å². The Morgan fingerprint density at radius 2 is 1.73 bits per heavy atom. The molecule has 2 aromatic heterocycles. The van der Waals surface area contributed by atoms with E-state index in [0.717, 1.165) is 29.1 Å². The number of thioether (sulfide) groups is 1. The Hall–Kier alpha value is -2.77. The minimum atomic E-state index is -0.132. The van der Waals surface area contributed by atoms with E-state index in [0.29, 0.717) is 21.7 Å². The van der Waals surface area contributed by atoms with Gasteiger partial charge in [0.15, 0.2) is 11.0 Å². The maximum absolute atomic E-state index is 13.6. The molecule has 0 aliphatic heterocycles. The third-order valence-electron chi connectivity index (χ3n) is 4.93. The molecule has 154 valence electrons. The third-order valence-corrected chi connectivity index (χ3v) is 6.40. The molecule has 30 heavy (non-hydrogen) atoms. The van der Waals surface area contributed by atoms with Gasteiger partial charge in [0, 0.05) is 18.4 Å². The lowest BCUT2D eigenvalue weighted by atomic mass is 10.2. The molecule has 0 N–H and O–H groups in total. The molecule has 4 rings (SSSR count). The first kappa shape index (κ1) is 20.5. The van der Waals surface area contributed by atoms with E-state index in [1.807, 2.05) is 77.8 Å². The van der Waals surface area contributed by atoms with Crippen LogP contribution < -0.4 is 5.56 Å². The van der Waals surface area contributed by atoms with Crippen LogP contribution in [0.2, 0.25) is 5.02 Å². The molecule has 0 saturated carbocycles. The molecule has 0 bridgehead atoms. The lowest BCUT2D eigenvalue weighted by Gasteiger charge is -2.10. The van der Waals surface area contributed by atoms with Crippen LogP contribution in [0.15, 0.2) is 64.5 Å². The van der Waals surface area contributed by atoms with E-state index in [9.17, 15) is 4.79 Å². The zero-order valence-electron chi connectivity index (χ0n) is 17.0. The summed E-state index contributed by atoms with van der Waals surface area (Å²) < 4.78 is 5.37. The molecule has 2 aromatic carbocycles. The largest absolute Gasteiger partial charge is 0.296 e. The van der Waals surface area contributed by atoms with Crippen molar-refractivity contribution in [2.45, 2.75) is 25.4 Å². The molecule has 8 heteroatoms. The van der Waals surface area contributed by atoms with Crippen LogP contribution in [0.4, 0.5) is 0 Å². The standard InChI is InChI=1S/C22H22ClN5OS/c1-4-14-30-22-25-24-20(17-12-8-9-13-18(17)23)27(22)19-15(2)26(3)28(21(19)29)16-10-6-5-7-11-16/h5-13H,4,14H2,1-3H3. The first-order valence-electron chi connectivity index (χ1n) is 9.72. The summed E-state index contributed by atoms with van der Waals surface area (Å²) >= 11 is 8.05. The van der Waals surface area contributed by atoms with Crippen molar-refractivity contribution in [2.75, 3.05) is 5.75 Å². The van der Waals surface area contributed by atoms with Crippen molar-refractivity contribution in [3.63, 3.8) is 0 Å². The van der Waals surface area contributed by atoms with E-state index in [1.165, 1.54) is 0 Å². The third kappa shape index (κ3) is 3.48. The fourth-order valence-electron chi connectivity index (χ4n) is 3.39. The van der Waals surface area contributed by atoms with Crippen molar-refractivity contribution >= 4 is 23.4 Å². The highest BCUT2D eigenvalue weighted by Gasteiger charge is 2.25. The lowest BCUT2D eigenvalue weighted by molar-refractivity contribution is 0.630. The first-order chi connectivity index (χ1) is 14.5. The highest BCUT2D eigenvalue weighted by atomic mass is 35.5. The second-order valence-corrected chi connectivity index (χ2v) is 8.35. The van der Waals surface area contributed by atoms with Gasteiger partial charge in [0.05, 0.1) is 16.4 Å². The number of benzene rings is 2. The van der Waals surface area contributed by atoms with Crippen LogP contribution in [-0.4, -0.2) is 29.9 Å². The summed E-state index contributed by atoms with van der Waals surface area (Å²) in [4.78, 5) is 13.6. The maximum Gasteiger partial charge on any atom is 0.296 e. The second kappa shape index (κ2) is 8.53. The van der Waals surface area contributed by atoms with E-state index in [-0.39, 0.29) is 5.56 Å². The van der Waals surface area contributed by atoms with Gasteiger partial charge in [0.2, 0.25) is 0 Å². The van der Waals surface area contributed by atoms with Gasteiger partial charge in [-0.25, -0.2) is 4.68 Å². The Morgan fingerprint density at radius 3 is 2.43 bits per heavy atom. The molecule has 0 unspecified atom stereocenters. The fraction of sp³-hybridized carbons (Fsp3) is 0.227. The smallest absolute Gasteiger partial charge is 0.283 e. The molecule has 0 saturated heterocycles. The van der Waals surface area contributed by atoms with E-state index in [2.05, 4.69) is 17.1 Å². The van der Waals surface area contributed by atoms with E-state index in [4.69, 9.17) is 11.6 Å². The van der Waals surface area contributed by atoms with Gasteiger partial charge in [-0.3, -0.25) is 14.0 Å². The number of rotatable bonds is 6. The van der Waals surface area contributed by atoms with Crippen LogP contribution in [0.1, 0.15) is 19.0 Å². The van der Waals surface area contributed by atoms with Crippen LogP contribution in [-0.2, 0) is 7.05 Å². The van der Waals surface area contributed by atoms with Crippen molar-refractivity contribution in [1.82, 2.24) is 24.1 Å². The number of hydrogen-bond donors (Lipinski definition) is 0. The highest BCUT2D eigenvalue weighted by Crippen LogP contribution is 2.32. The van der Waals surface area contributed by atoms with Gasteiger partial charge in [0.1, 0.15) is 5.69 Å². The molecule has 0 aliphatic carbocycles. The van der Waals surface area contributed by atoms with Gasteiger partial charge >= 0.3 is 0 Å². The Labute approximate surface area is 184 Å². The minimum Gasteiger partial charge on any atom is -0.283 e. The summed E-state index contributed by atoms with van der Waals surface area (Å²) in [6.07, 6.45) is 0.987. The summed E-state index contributed by atoms with van der Waals surface area (Å²) in [5.41, 5.74) is 2.75. The van der Waals surface area contributed by atoms with E-state index >= 15 is 0 Å². The number of aromatic nitrogens is 5. The van der Waals surface area contributed by atoms with E-state index in [1.54, 1.807) is 16.4 Å². The maximum atomic E-state index is 13.6. The van der Waals surface area contributed by atoms with Crippen LogP contribution in [0, 0.1) is 6.92 Å². The Morgan fingerprint density at radius 1 is 1.03 bits per heavy atom. The molecule has 0 spiro atoms. The summed E-state index contributed by atoms with van der Waals surface area (Å²) in [5, 5.41) is 10.1. The van der Waals surface area contributed by atoms with Crippen molar-refractivity contribution in [3.8, 4) is 22.8 Å². The molecule has 0 fully saturated rings. The van der Waals surface area contributed by atoms with Crippen molar-refractivity contribution in [2.24, 2.45) is 7.05 Å². The average molecular weight is 440 g/mol. The molecule has 4 aromatic rings. The SMILES string of the molecule is CCCSc1nnc(-c2ccccc2Cl)n1-c1c(C)n(C)n(-c2ccccc2)c1=O. The summed E-state index contributed by atoms with van der Waals surface area (Å²) in [5.74, 6) is 1.43. The zero-order chi connectivity index (χ0) is 21.3. The normalized spacial score (nSPS) is 11.2. The van der Waals surface area contributed by atoms with Gasteiger partial charge in [-0.1, -0.05) is 60.6 Å². The summed E-state index contributed by atoms with van der Waals surface area (Å²) in [6, 6.07) is 17.1. The topological polar surface area (TPSA) is 57.6 Å². The Bertz CT molecular complexity index is 1240. The van der Waals surface area contributed by atoms with Crippen LogP contribution in [0.25, 0.3) is 22.8 Å². The number of halogens is 1. The van der Waals surface area contributed by atoms with Crippen molar-refractivity contribution < 1.29 is 0 Å².